The van der Waals surface area contributed by atoms with E-state index < -0.39 is 0 Å². The highest BCUT2D eigenvalue weighted by Gasteiger charge is 2.21. The molecule has 1 amide bonds. The molecule has 0 fully saturated rings. The van der Waals surface area contributed by atoms with Gasteiger partial charge in [-0.05, 0) is 30.9 Å². The van der Waals surface area contributed by atoms with E-state index in [4.69, 9.17) is 0 Å². The molecule has 0 aliphatic rings. The lowest BCUT2D eigenvalue weighted by atomic mass is 9.97. The van der Waals surface area contributed by atoms with Crippen LogP contribution < -0.4 is 5.32 Å². The van der Waals surface area contributed by atoms with Gasteiger partial charge in [0.25, 0.3) is 0 Å². The van der Waals surface area contributed by atoms with E-state index in [-0.39, 0.29) is 11.2 Å². The number of aromatic nitrogens is 3. The lowest BCUT2D eigenvalue weighted by molar-refractivity contribution is -0.115. The quantitative estimate of drug-likeness (QED) is 0.353. The minimum atomic E-state index is -0.327. The molecular weight excluding hydrogens is 392 g/mol. The smallest absolute Gasteiger partial charge is 0.237 e. The van der Waals surface area contributed by atoms with E-state index in [0.29, 0.717) is 17.6 Å². The summed E-state index contributed by atoms with van der Waals surface area (Å²) in [6, 6.07) is 17.9. The highest BCUT2D eigenvalue weighted by atomic mass is 32.2. The maximum Gasteiger partial charge on any atom is 0.237 e. The van der Waals surface area contributed by atoms with Crippen molar-refractivity contribution in [3.8, 4) is 11.4 Å². The molecule has 0 radical (unpaired) electrons. The molecule has 0 aliphatic heterocycles. The zero-order valence-electron chi connectivity index (χ0n) is 17.7. The van der Waals surface area contributed by atoms with Gasteiger partial charge in [0.15, 0.2) is 11.0 Å². The van der Waals surface area contributed by atoms with Gasteiger partial charge in [0.1, 0.15) is 0 Å². The third-order valence-corrected chi connectivity index (χ3v) is 6.15. The average Bonchev–Trinajstić information content (AvgIpc) is 3.16. The highest BCUT2D eigenvalue weighted by Crippen LogP contribution is 2.30. The zero-order chi connectivity index (χ0) is 21.5. The van der Waals surface area contributed by atoms with E-state index in [2.05, 4.69) is 42.0 Å². The van der Waals surface area contributed by atoms with Crippen molar-refractivity contribution in [3.63, 3.8) is 0 Å². The van der Waals surface area contributed by atoms with Gasteiger partial charge in [0.2, 0.25) is 5.91 Å². The number of nitrogens with zero attached hydrogens (tertiary/aromatic N) is 3. The number of carbonyl (C=O) groups is 1. The van der Waals surface area contributed by atoms with Crippen molar-refractivity contribution in [2.45, 2.75) is 50.1 Å². The summed E-state index contributed by atoms with van der Waals surface area (Å²) in [4.78, 5) is 12.9. The Kier molecular flexibility index (Phi) is 7.46. The Labute approximate surface area is 182 Å². The van der Waals surface area contributed by atoms with Crippen molar-refractivity contribution in [1.29, 1.82) is 0 Å². The van der Waals surface area contributed by atoms with Crippen molar-refractivity contribution in [2.75, 3.05) is 5.32 Å². The second-order valence-corrected chi connectivity index (χ2v) is 8.53. The first-order chi connectivity index (χ1) is 14.5. The fourth-order valence-corrected chi connectivity index (χ4v) is 4.04. The zero-order valence-corrected chi connectivity index (χ0v) is 18.5. The van der Waals surface area contributed by atoms with Gasteiger partial charge in [-0.25, -0.2) is 0 Å². The number of hydrogen-bond acceptors (Lipinski definition) is 4. The van der Waals surface area contributed by atoms with Gasteiger partial charge < -0.3 is 5.32 Å². The molecule has 2 atom stereocenters. The molecule has 0 saturated heterocycles. The number of rotatable bonds is 9. The molecule has 156 valence electrons. The first kappa shape index (κ1) is 21.8. The van der Waals surface area contributed by atoms with Crippen LogP contribution in [0, 0.1) is 0 Å². The lowest BCUT2D eigenvalue weighted by Crippen LogP contribution is -2.23. The van der Waals surface area contributed by atoms with E-state index >= 15 is 0 Å². The van der Waals surface area contributed by atoms with Gasteiger partial charge in [0.05, 0.1) is 5.25 Å². The Morgan fingerprint density at radius 2 is 1.83 bits per heavy atom. The Hall–Kier alpha value is -2.86. The molecule has 3 aromatic rings. The largest absolute Gasteiger partial charge is 0.325 e. The molecule has 3 rings (SSSR count). The Balaban J connectivity index is 1.78. The number of thioether (sulfide) groups is 1. The van der Waals surface area contributed by atoms with Crippen LogP contribution in [-0.2, 0) is 11.3 Å². The Bertz CT molecular complexity index is 999. The number of para-hydroxylation sites is 1. The normalized spacial score (nSPS) is 12.9. The van der Waals surface area contributed by atoms with Crippen LogP contribution in [0.4, 0.5) is 5.69 Å². The lowest BCUT2D eigenvalue weighted by Gasteiger charge is -2.17. The van der Waals surface area contributed by atoms with Crippen molar-refractivity contribution in [3.05, 3.63) is 72.8 Å². The summed E-state index contributed by atoms with van der Waals surface area (Å²) in [7, 11) is 0. The van der Waals surface area contributed by atoms with Gasteiger partial charge in [-0.2, -0.15) is 0 Å². The van der Waals surface area contributed by atoms with Gasteiger partial charge in [-0.3, -0.25) is 9.36 Å². The minimum Gasteiger partial charge on any atom is -0.325 e. The number of amides is 1. The molecule has 0 bridgehead atoms. The number of nitrogens with one attached hydrogen (secondary N) is 1. The molecular formula is C24H28N4OS. The number of carbonyl (C=O) groups excluding carboxylic acids is 1. The topological polar surface area (TPSA) is 59.8 Å². The third kappa shape index (κ3) is 5.00. The van der Waals surface area contributed by atoms with Gasteiger partial charge in [-0.15, -0.1) is 16.8 Å². The number of benzene rings is 2. The summed E-state index contributed by atoms with van der Waals surface area (Å²) in [5.41, 5.74) is 3.02. The molecule has 30 heavy (non-hydrogen) atoms. The summed E-state index contributed by atoms with van der Waals surface area (Å²) in [6.45, 7) is 10.6. The Morgan fingerprint density at radius 1 is 1.13 bits per heavy atom. The summed E-state index contributed by atoms with van der Waals surface area (Å²) in [5, 5.41) is 12.2. The highest BCUT2D eigenvalue weighted by molar-refractivity contribution is 8.00. The molecule has 0 saturated carbocycles. The molecule has 5 nitrogen and oxygen atoms in total. The van der Waals surface area contributed by atoms with Crippen molar-refractivity contribution < 1.29 is 4.79 Å². The number of hydrogen-bond donors (Lipinski definition) is 1. The maximum atomic E-state index is 12.9. The van der Waals surface area contributed by atoms with E-state index in [0.717, 1.165) is 29.1 Å². The van der Waals surface area contributed by atoms with E-state index in [1.165, 1.54) is 11.8 Å². The van der Waals surface area contributed by atoms with Crippen molar-refractivity contribution >= 4 is 23.4 Å². The summed E-state index contributed by atoms with van der Waals surface area (Å²) >= 11 is 1.40. The molecule has 0 aliphatic carbocycles. The summed E-state index contributed by atoms with van der Waals surface area (Å²) < 4.78 is 1.99. The van der Waals surface area contributed by atoms with Crippen LogP contribution >= 0.6 is 11.8 Å². The van der Waals surface area contributed by atoms with Crippen LogP contribution in [-0.4, -0.2) is 25.9 Å². The molecule has 0 spiro atoms. The SMILES string of the molecule is C=CCn1c(S[C@H](C)C(=O)Nc2ccccc2[C@H](C)CC)nnc1-c1ccccc1. The third-order valence-electron chi connectivity index (χ3n) is 5.07. The molecule has 6 heteroatoms. The van der Waals surface area contributed by atoms with E-state index in [1.807, 2.05) is 66.1 Å². The predicted molar refractivity (Wildman–Crippen MR) is 125 cm³/mol. The number of anilines is 1. The minimum absolute atomic E-state index is 0.0508. The van der Waals surface area contributed by atoms with E-state index in [9.17, 15) is 4.79 Å². The molecule has 0 unspecified atom stereocenters. The molecule has 1 N–H and O–H groups in total. The monoisotopic (exact) mass is 420 g/mol. The second-order valence-electron chi connectivity index (χ2n) is 7.22. The first-order valence-electron chi connectivity index (χ1n) is 10.2. The van der Waals surface area contributed by atoms with Crippen LogP contribution in [0.1, 0.15) is 38.7 Å². The average molecular weight is 421 g/mol. The van der Waals surface area contributed by atoms with E-state index in [1.54, 1.807) is 0 Å². The van der Waals surface area contributed by atoms with Crippen molar-refractivity contribution in [2.24, 2.45) is 0 Å². The summed E-state index contributed by atoms with van der Waals surface area (Å²) in [6.07, 6.45) is 2.83. The van der Waals surface area contributed by atoms with Crippen molar-refractivity contribution in [1.82, 2.24) is 14.8 Å². The van der Waals surface area contributed by atoms with Gasteiger partial charge in [0, 0.05) is 17.8 Å². The predicted octanol–water partition coefficient (Wildman–Crippen LogP) is 5.76. The standard InChI is InChI=1S/C24H28N4OS/c1-5-16-28-22(19-12-8-7-9-13-19)26-27-24(28)30-18(4)23(29)25-21-15-11-10-14-20(21)17(3)6-2/h5,7-15,17-18H,1,6,16H2,2-4H3,(H,25,29)/t17-,18-/m1/s1. The van der Waals surface area contributed by atoms with Crippen LogP contribution in [0.5, 0.6) is 0 Å². The van der Waals surface area contributed by atoms with Gasteiger partial charge in [-0.1, -0.05) is 80.2 Å². The van der Waals surface area contributed by atoms with Crippen LogP contribution in [0.3, 0.4) is 0 Å². The first-order valence-corrected chi connectivity index (χ1v) is 11.1. The maximum absolute atomic E-state index is 12.9. The van der Waals surface area contributed by atoms with Crippen LogP contribution in [0.2, 0.25) is 0 Å². The number of allylic oxidation sites excluding steroid dienone is 1. The van der Waals surface area contributed by atoms with Crippen LogP contribution in [0.15, 0.2) is 72.4 Å². The Morgan fingerprint density at radius 3 is 2.53 bits per heavy atom. The van der Waals surface area contributed by atoms with Gasteiger partial charge >= 0.3 is 0 Å². The fourth-order valence-electron chi connectivity index (χ4n) is 3.18. The molecule has 2 aromatic carbocycles. The molecule has 1 aromatic heterocycles. The second kappa shape index (κ2) is 10.3. The summed E-state index contributed by atoms with van der Waals surface area (Å²) in [5.74, 6) is 1.10. The fraction of sp³-hybridized carbons (Fsp3) is 0.292. The molecule has 1 heterocycles. The van der Waals surface area contributed by atoms with Crippen LogP contribution in [0.25, 0.3) is 11.4 Å².